The standard InChI is InChI=1S/C13H14ClNO2S/c1-9(13(16)17-2)7-18-8-11-4-3-10(6-15)5-12(11)14/h3-5,9H,7-8H2,1-2H3. The monoisotopic (exact) mass is 283 g/mol. The van der Waals surface area contributed by atoms with E-state index in [1.165, 1.54) is 7.11 Å². The van der Waals surface area contributed by atoms with E-state index in [0.29, 0.717) is 22.1 Å². The van der Waals surface area contributed by atoms with Gasteiger partial charge in [-0.1, -0.05) is 24.6 Å². The molecular formula is C13H14ClNO2S. The van der Waals surface area contributed by atoms with Crippen LogP contribution in [0.4, 0.5) is 0 Å². The van der Waals surface area contributed by atoms with E-state index in [1.54, 1.807) is 23.9 Å². The van der Waals surface area contributed by atoms with Crippen LogP contribution in [0.1, 0.15) is 18.1 Å². The Morgan fingerprint density at radius 3 is 2.89 bits per heavy atom. The zero-order valence-electron chi connectivity index (χ0n) is 10.3. The van der Waals surface area contributed by atoms with E-state index in [2.05, 4.69) is 4.74 Å². The van der Waals surface area contributed by atoms with E-state index in [-0.39, 0.29) is 11.9 Å². The number of carbonyl (C=O) groups is 1. The zero-order chi connectivity index (χ0) is 13.5. The van der Waals surface area contributed by atoms with Gasteiger partial charge in [0.15, 0.2) is 0 Å². The second-order valence-corrected chi connectivity index (χ2v) is 5.29. The maximum Gasteiger partial charge on any atom is 0.309 e. The lowest BCUT2D eigenvalue weighted by atomic mass is 10.2. The van der Waals surface area contributed by atoms with Crippen LogP contribution in [0, 0.1) is 17.2 Å². The van der Waals surface area contributed by atoms with Gasteiger partial charge in [0.05, 0.1) is 24.7 Å². The molecule has 0 bridgehead atoms. The van der Waals surface area contributed by atoms with Crippen molar-refractivity contribution in [3.05, 3.63) is 34.3 Å². The van der Waals surface area contributed by atoms with Crippen LogP contribution in [0.25, 0.3) is 0 Å². The fourth-order valence-electron chi connectivity index (χ4n) is 1.35. The van der Waals surface area contributed by atoms with E-state index >= 15 is 0 Å². The van der Waals surface area contributed by atoms with Crippen molar-refractivity contribution in [1.82, 2.24) is 0 Å². The molecule has 0 N–H and O–H groups in total. The summed E-state index contributed by atoms with van der Waals surface area (Å²) in [6.07, 6.45) is 0. The Labute approximate surface area is 116 Å². The minimum absolute atomic E-state index is 0.128. The normalized spacial score (nSPS) is 11.7. The number of ether oxygens (including phenoxy) is 1. The van der Waals surface area contributed by atoms with Crippen LogP contribution in [0.2, 0.25) is 5.02 Å². The highest BCUT2D eigenvalue weighted by Gasteiger charge is 2.13. The molecule has 1 aromatic carbocycles. The summed E-state index contributed by atoms with van der Waals surface area (Å²) < 4.78 is 4.65. The van der Waals surface area contributed by atoms with Gasteiger partial charge in [0.1, 0.15) is 0 Å². The first kappa shape index (κ1) is 14.9. The summed E-state index contributed by atoms with van der Waals surface area (Å²) in [5.41, 5.74) is 1.52. The maximum absolute atomic E-state index is 11.2. The summed E-state index contributed by atoms with van der Waals surface area (Å²) in [7, 11) is 1.39. The van der Waals surface area contributed by atoms with E-state index in [1.807, 2.05) is 19.1 Å². The molecule has 0 spiro atoms. The predicted octanol–water partition coefficient (Wildman–Crippen LogP) is 3.25. The van der Waals surface area contributed by atoms with Crippen LogP contribution < -0.4 is 0 Å². The fraction of sp³-hybridized carbons (Fsp3) is 0.385. The summed E-state index contributed by atoms with van der Waals surface area (Å²) >= 11 is 7.67. The summed E-state index contributed by atoms with van der Waals surface area (Å²) in [5, 5.41) is 9.31. The highest BCUT2D eigenvalue weighted by atomic mass is 35.5. The largest absolute Gasteiger partial charge is 0.469 e. The number of esters is 1. The number of nitrogens with zero attached hydrogens (tertiary/aromatic N) is 1. The molecule has 0 saturated heterocycles. The molecular weight excluding hydrogens is 270 g/mol. The van der Waals surface area contributed by atoms with Gasteiger partial charge in [-0.3, -0.25) is 4.79 Å². The third-order valence-electron chi connectivity index (χ3n) is 2.41. The number of carbonyl (C=O) groups excluding carboxylic acids is 1. The van der Waals surface area contributed by atoms with Gasteiger partial charge >= 0.3 is 5.97 Å². The SMILES string of the molecule is COC(=O)C(C)CSCc1ccc(C#N)cc1Cl. The molecule has 1 rings (SSSR count). The van der Waals surface area contributed by atoms with Crippen molar-refractivity contribution < 1.29 is 9.53 Å². The molecule has 1 unspecified atom stereocenters. The molecule has 0 saturated carbocycles. The molecule has 18 heavy (non-hydrogen) atoms. The van der Waals surface area contributed by atoms with Gasteiger partial charge in [0.25, 0.3) is 0 Å². The molecule has 0 aliphatic rings. The lowest BCUT2D eigenvalue weighted by Gasteiger charge is -2.09. The van der Waals surface area contributed by atoms with Gasteiger partial charge in [-0.15, -0.1) is 0 Å². The molecule has 3 nitrogen and oxygen atoms in total. The Hall–Kier alpha value is -1.18. The number of thioether (sulfide) groups is 1. The maximum atomic E-state index is 11.2. The number of hydrogen-bond donors (Lipinski definition) is 0. The van der Waals surface area contributed by atoms with E-state index in [9.17, 15) is 4.79 Å². The van der Waals surface area contributed by atoms with Gasteiger partial charge < -0.3 is 4.74 Å². The third-order valence-corrected chi connectivity index (χ3v) is 4.01. The molecule has 1 aromatic rings. The average molecular weight is 284 g/mol. The van der Waals surface area contributed by atoms with Crippen LogP contribution in [-0.4, -0.2) is 18.8 Å². The van der Waals surface area contributed by atoms with E-state index in [4.69, 9.17) is 16.9 Å². The van der Waals surface area contributed by atoms with Crippen LogP contribution in [-0.2, 0) is 15.3 Å². The molecule has 5 heteroatoms. The first-order valence-corrected chi connectivity index (χ1v) is 6.95. The van der Waals surface area contributed by atoms with Crippen molar-refractivity contribution in [3.8, 4) is 6.07 Å². The quantitative estimate of drug-likeness (QED) is 0.778. The van der Waals surface area contributed by atoms with Crippen LogP contribution in [0.5, 0.6) is 0 Å². The molecule has 0 aliphatic carbocycles. The van der Waals surface area contributed by atoms with Crippen molar-refractivity contribution in [2.75, 3.05) is 12.9 Å². The van der Waals surface area contributed by atoms with Gasteiger partial charge in [-0.05, 0) is 17.7 Å². The first-order chi connectivity index (χ1) is 8.58. The number of halogens is 1. The van der Waals surface area contributed by atoms with Crippen molar-refractivity contribution in [3.63, 3.8) is 0 Å². The molecule has 0 aromatic heterocycles. The summed E-state index contributed by atoms with van der Waals surface area (Å²) in [6, 6.07) is 7.28. The Morgan fingerprint density at radius 1 is 1.61 bits per heavy atom. The summed E-state index contributed by atoms with van der Waals surface area (Å²) in [4.78, 5) is 11.2. The molecule has 0 heterocycles. The topological polar surface area (TPSA) is 50.1 Å². The van der Waals surface area contributed by atoms with E-state index in [0.717, 1.165) is 5.56 Å². The highest BCUT2D eigenvalue weighted by molar-refractivity contribution is 7.98. The molecule has 96 valence electrons. The highest BCUT2D eigenvalue weighted by Crippen LogP contribution is 2.23. The molecule has 0 amide bonds. The summed E-state index contributed by atoms with van der Waals surface area (Å²) in [5.74, 6) is 1.07. The number of benzene rings is 1. The molecule has 0 aliphatic heterocycles. The second kappa shape index (κ2) is 7.30. The zero-order valence-corrected chi connectivity index (χ0v) is 11.8. The lowest BCUT2D eigenvalue weighted by molar-refractivity contribution is -0.143. The third kappa shape index (κ3) is 4.25. The minimum atomic E-state index is -0.201. The van der Waals surface area contributed by atoms with Crippen molar-refractivity contribution >= 4 is 29.3 Å². The molecule has 0 radical (unpaired) electrons. The summed E-state index contributed by atoms with van der Waals surface area (Å²) in [6.45, 7) is 1.83. The Bertz CT molecular complexity index is 471. The smallest absolute Gasteiger partial charge is 0.309 e. The Kier molecular flexibility index (Phi) is 6.03. The van der Waals surface area contributed by atoms with Crippen LogP contribution in [0.15, 0.2) is 18.2 Å². The van der Waals surface area contributed by atoms with Crippen LogP contribution >= 0.6 is 23.4 Å². The fourth-order valence-corrected chi connectivity index (χ4v) is 2.75. The molecule has 0 fully saturated rings. The van der Waals surface area contributed by atoms with Crippen LogP contribution in [0.3, 0.4) is 0 Å². The Balaban J connectivity index is 2.50. The van der Waals surface area contributed by atoms with Crippen molar-refractivity contribution in [2.45, 2.75) is 12.7 Å². The molecule has 1 atom stereocenters. The predicted molar refractivity (Wildman–Crippen MR) is 73.5 cm³/mol. The second-order valence-electron chi connectivity index (χ2n) is 3.86. The number of methoxy groups -OCH3 is 1. The van der Waals surface area contributed by atoms with Gasteiger partial charge in [0.2, 0.25) is 0 Å². The number of rotatable bonds is 5. The van der Waals surface area contributed by atoms with Crippen molar-refractivity contribution in [2.24, 2.45) is 5.92 Å². The van der Waals surface area contributed by atoms with E-state index < -0.39 is 0 Å². The number of hydrogen-bond acceptors (Lipinski definition) is 4. The van der Waals surface area contributed by atoms with Gasteiger partial charge in [-0.25, -0.2) is 0 Å². The van der Waals surface area contributed by atoms with Crippen molar-refractivity contribution in [1.29, 1.82) is 5.26 Å². The first-order valence-electron chi connectivity index (χ1n) is 5.42. The number of nitriles is 1. The average Bonchev–Trinajstić information content (AvgIpc) is 2.39. The van der Waals surface area contributed by atoms with Gasteiger partial charge in [0, 0.05) is 16.5 Å². The van der Waals surface area contributed by atoms with Gasteiger partial charge in [-0.2, -0.15) is 17.0 Å². The Morgan fingerprint density at radius 2 is 2.33 bits per heavy atom. The minimum Gasteiger partial charge on any atom is -0.469 e. The lowest BCUT2D eigenvalue weighted by Crippen LogP contribution is -2.14.